The number of nitrogens with two attached hydrogens (primary N) is 1. The average molecular weight is 449 g/mol. The second-order valence-corrected chi connectivity index (χ2v) is 6.78. The predicted molar refractivity (Wildman–Crippen MR) is 126 cm³/mol. The van der Waals surface area contributed by atoms with Crippen LogP contribution in [0.2, 0.25) is 0 Å². The summed E-state index contributed by atoms with van der Waals surface area (Å²) in [6.45, 7) is 32.3. The van der Waals surface area contributed by atoms with Gasteiger partial charge >= 0.3 is 0 Å². The van der Waals surface area contributed by atoms with Crippen molar-refractivity contribution in [2.45, 2.75) is 108 Å². The maximum absolute atomic E-state index is 5.37. The first kappa shape index (κ1) is 45.5. The van der Waals surface area contributed by atoms with Gasteiger partial charge in [-0.3, -0.25) is 0 Å². The molecule has 0 fully saturated rings. The first-order valence-corrected chi connectivity index (χ1v) is 10.3. The van der Waals surface area contributed by atoms with Crippen molar-refractivity contribution in [3.8, 4) is 0 Å². The van der Waals surface area contributed by atoms with Crippen LogP contribution in [0.1, 0.15) is 108 Å². The zero-order valence-electron chi connectivity index (χ0n) is 20.9. The molecule has 0 saturated carbocycles. The summed E-state index contributed by atoms with van der Waals surface area (Å²) in [6, 6.07) is 0. The van der Waals surface area contributed by atoms with Crippen LogP contribution >= 0.6 is 0 Å². The van der Waals surface area contributed by atoms with E-state index in [2.05, 4.69) is 61.6 Å². The van der Waals surface area contributed by atoms with Gasteiger partial charge in [0, 0.05) is 32.7 Å². The van der Waals surface area contributed by atoms with E-state index in [9.17, 15) is 0 Å². The summed E-state index contributed by atoms with van der Waals surface area (Å²) in [6.07, 6.45) is 7.70. The van der Waals surface area contributed by atoms with Gasteiger partial charge in [0.05, 0.1) is 0 Å². The van der Waals surface area contributed by atoms with E-state index < -0.39 is 0 Å². The number of hydrogen-bond acceptors (Lipinski definition) is 1. The van der Waals surface area contributed by atoms with E-state index in [0.29, 0.717) is 5.41 Å². The summed E-state index contributed by atoms with van der Waals surface area (Å²) in [5, 5.41) is 0. The third-order valence-electron chi connectivity index (χ3n) is 3.94. The van der Waals surface area contributed by atoms with Gasteiger partial charge in [0.25, 0.3) is 0 Å². The summed E-state index contributed by atoms with van der Waals surface area (Å²) in [4.78, 5) is 0. The van der Waals surface area contributed by atoms with E-state index >= 15 is 0 Å². The Morgan fingerprint density at radius 2 is 1.19 bits per heavy atom. The molecule has 0 aliphatic carbocycles. The fraction of sp³-hybridized carbons (Fsp3) is 0.833. The monoisotopic (exact) mass is 448 g/mol. The third-order valence-corrected chi connectivity index (χ3v) is 3.94. The summed E-state index contributed by atoms with van der Waals surface area (Å²) >= 11 is 0. The van der Waals surface area contributed by atoms with E-state index in [4.69, 9.17) is 5.73 Å². The molecule has 26 heavy (non-hydrogen) atoms. The predicted octanol–water partition coefficient (Wildman–Crippen LogP) is 8.75. The Bertz CT molecular complexity index is 177. The summed E-state index contributed by atoms with van der Waals surface area (Å²) in [5.41, 5.74) is 5.80. The van der Waals surface area contributed by atoms with Gasteiger partial charge in [-0.25, -0.2) is 0 Å². The SMILES string of the molecule is C=C.CC.CC.CC(C)CCCCCCN.[CH2-]CC(C)(C)C(C)C.[CH3-].[Y]. The molecule has 0 aliphatic rings. The Kier molecular flexibility index (Phi) is 70.8. The summed E-state index contributed by atoms with van der Waals surface area (Å²) < 4.78 is 0. The molecule has 0 aromatic heterocycles. The Labute approximate surface area is 196 Å². The van der Waals surface area contributed by atoms with Crippen LogP contribution in [0.3, 0.4) is 0 Å². The van der Waals surface area contributed by atoms with E-state index in [-0.39, 0.29) is 40.1 Å². The van der Waals surface area contributed by atoms with Gasteiger partial charge in [-0.1, -0.05) is 100 Å². The van der Waals surface area contributed by atoms with Gasteiger partial charge in [-0.2, -0.15) is 6.42 Å². The molecule has 0 rings (SSSR count). The number of hydrogen-bond donors (Lipinski definition) is 1. The number of rotatable bonds is 8. The van der Waals surface area contributed by atoms with Gasteiger partial charge < -0.3 is 20.1 Å². The molecule has 1 nitrogen and oxygen atoms in total. The Hall–Kier alpha value is 0.804. The molecule has 2 N–H and O–H groups in total. The molecule has 0 aromatic carbocycles. The fourth-order valence-corrected chi connectivity index (χ4v) is 1.34. The maximum atomic E-state index is 5.37. The zero-order chi connectivity index (χ0) is 20.6. The van der Waals surface area contributed by atoms with Crippen LogP contribution in [-0.4, -0.2) is 6.54 Å². The normalized spacial score (nSPS) is 8.69. The molecule has 0 heterocycles. The van der Waals surface area contributed by atoms with Crippen molar-refractivity contribution in [3.63, 3.8) is 0 Å². The molecular weight excluding hydrogens is 391 g/mol. The molecule has 0 aromatic rings. The molecule has 1 radical (unpaired) electrons. The zero-order valence-corrected chi connectivity index (χ0v) is 23.7. The molecule has 163 valence electrons. The van der Waals surface area contributed by atoms with E-state index in [0.717, 1.165) is 24.8 Å². The molecule has 0 bridgehead atoms. The fourth-order valence-electron chi connectivity index (χ4n) is 1.34. The topological polar surface area (TPSA) is 26.0 Å². The van der Waals surface area contributed by atoms with Crippen molar-refractivity contribution in [3.05, 3.63) is 27.5 Å². The molecule has 0 atom stereocenters. The largest absolute Gasteiger partial charge is 0.358 e. The molecule has 0 saturated heterocycles. The first-order valence-electron chi connectivity index (χ1n) is 10.3. The quantitative estimate of drug-likeness (QED) is 0.224. The van der Waals surface area contributed by atoms with Crippen LogP contribution in [0, 0.1) is 31.6 Å². The van der Waals surface area contributed by atoms with Gasteiger partial charge in [0.1, 0.15) is 0 Å². The summed E-state index contributed by atoms with van der Waals surface area (Å²) in [7, 11) is 0. The van der Waals surface area contributed by atoms with E-state index in [1.54, 1.807) is 0 Å². The van der Waals surface area contributed by atoms with Crippen molar-refractivity contribution in [1.29, 1.82) is 0 Å². The van der Waals surface area contributed by atoms with Gasteiger partial charge in [0.2, 0.25) is 0 Å². The Balaban J connectivity index is -0.0000000409. The second-order valence-electron chi connectivity index (χ2n) is 6.78. The van der Waals surface area contributed by atoms with Crippen molar-refractivity contribution >= 4 is 0 Å². The van der Waals surface area contributed by atoms with Crippen molar-refractivity contribution in [2.24, 2.45) is 23.0 Å². The molecule has 0 unspecified atom stereocenters. The third kappa shape index (κ3) is 49.8. The average Bonchev–Trinajstić information content (AvgIpc) is 2.60. The van der Waals surface area contributed by atoms with Crippen molar-refractivity contribution < 1.29 is 32.7 Å². The summed E-state index contributed by atoms with van der Waals surface area (Å²) in [5.74, 6) is 1.62. The minimum Gasteiger partial charge on any atom is -0.358 e. The van der Waals surface area contributed by atoms with Crippen LogP contribution in [-0.2, 0) is 32.7 Å². The van der Waals surface area contributed by atoms with Crippen LogP contribution in [0.4, 0.5) is 0 Å². The van der Waals surface area contributed by atoms with Crippen LogP contribution in [0.15, 0.2) is 13.2 Å². The van der Waals surface area contributed by atoms with Gasteiger partial charge in [0.15, 0.2) is 0 Å². The standard InChI is InChI=1S/C9H21N.C8H17.2C2H6.C2H4.CH3.Y/c1-9(2)7-5-3-4-6-8-10;1-6-8(4,5)7(2)3;3*1-2;;/h9H,3-8,10H2,1-2H3;7H,1,6H2,2-5H3;2*1-2H3;1-2H2;1H3;/q;-1;;;;-1;. The smallest absolute Gasteiger partial charge is 0 e. The Morgan fingerprint density at radius 1 is 0.846 bits per heavy atom. The van der Waals surface area contributed by atoms with Crippen molar-refractivity contribution in [2.75, 3.05) is 6.54 Å². The van der Waals surface area contributed by atoms with Crippen LogP contribution in [0.5, 0.6) is 0 Å². The van der Waals surface area contributed by atoms with Gasteiger partial charge in [-0.05, 0) is 24.8 Å². The van der Waals surface area contributed by atoms with Crippen LogP contribution in [0.25, 0.3) is 0 Å². The minimum atomic E-state index is 0. The van der Waals surface area contributed by atoms with E-state index in [1.807, 2.05) is 27.7 Å². The second kappa shape index (κ2) is 40.5. The van der Waals surface area contributed by atoms with Crippen LogP contribution < -0.4 is 5.73 Å². The molecule has 0 aliphatic heterocycles. The van der Waals surface area contributed by atoms with Gasteiger partial charge in [-0.15, -0.1) is 13.2 Å². The molecule has 0 spiro atoms. The van der Waals surface area contributed by atoms with E-state index in [1.165, 1.54) is 32.1 Å². The number of unbranched alkanes of at least 4 members (excludes halogenated alkanes) is 3. The first-order chi connectivity index (χ1) is 11.3. The minimum absolute atomic E-state index is 0. The molecular formula is C24H57NY-2. The molecule has 0 amide bonds. The Morgan fingerprint density at radius 3 is 1.38 bits per heavy atom. The van der Waals surface area contributed by atoms with Crippen molar-refractivity contribution in [1.82, 2.24) is 0 Å². The maximum Gasteiger partial charge on any atom is 0 e. The molecule has 2 heteroatoms.